The molecule has 12 aromatic rings. The van der Waals surface area contributed by atoms with Crippen LogP contribution in [0.3, 0.4) is 0 Å². The molecule has 5 fully saturated rings. The molecule has 26 nitrogen and oxygen atoms in total. The Hall–Kier alpha value is -10.5. The number of fused-ring (bicyclic) bond motifs is 6. The lowest BCUT2D eigenvalue weighted by Gasteiger charge is -2.32. The number of phenols is 1. The number of ether oxygens (including phenoxy) is 5. The van der Waals surface area contributed by atoms with Crippen molar-refractivity contribution in [2.45, 2.75) is 69.5 Å². The molecule has 14 heterocycles. The number of anilines is 2. The molecule has 5 aliphatic heterocycles. The van der Waals surface area contributed by atoms with Crippen LogP contribution in [0.15, 0.2) is 139 Å². The average molecular weight is 1340 g/mol. The van der Waals surface area contributed by atoms with Crippen molar-refractivity contribution >= 4 is 78.9 Å². The van der Waals surface area contributed by atoms with Gasteiger partial charge in [-0.3, -0.25) is 14.7 Å². The fourth-order valence-corrected chi connectivity index (χ4v) is 13.9. The Labute approximate surface area is 569 Å². The minimum absolute atomic E-state index is 0.117. The maximum atomic E-state index is 11.9. The highest BCUT2D eigenvalue weighted by Gasteiger charge is 2.31. The van der Waals surface area contributed by atoms with Crippen LogP contribution < -0.4 is 9.80 Å². The number of aromatic amines is 1. The van der Waals surface area contributed by atoms with Crippen LogP contribution in [0.1, 0.15) is 73.3 Å². The molecule has 17 rings (SSSR count). The van der Waals surface area contributed by atoms with Crippen LogP contribution in [0.5, 0.6) is 5.75 Å². The van der Waals surface area contributed by atoms with Crippen molar-refractivity contribution in [2.75, 3.05) is 116 Å². The van der Waals surface area contributed by atoms with E-state index in [9.17, 15) is 14.7 Å². The highest BCUT2D eigenvalue weighted by Crippen LogP contribution is 2.39. The fraction of sp³-hybridized carbons (Fsp3) is 0.370. The minimum Gasteiger partial charge on any atom is -0.508 e. The molecular formula is C73H77N17O9. The topological polar surface area (TPSA) is 281 Å². The first-order valence-electron chi connectivity index (χ1n) is 33.9. The summed E-state index contributed by atoms with van der Waals surface area (Å²) >= 11 is 0. The van der Waals surface area contributed by atoms with Gasteiger partial charge < -0.3 is 52.9 Å². The van der Waals surface area contributed by atoms with Gasteiger partial charge in [0.05, 0.1) is 93.4 Å². The van der Waals surface area contributed by atoms with Crippen molar-refractivity contribution < 1.29 is 42.8 Å². The van der Waals surface area contributed by atoms with Crippen LogP contribution in [0, 0.1) is 0 Å². The monoisotopic (exact) mass is 1340 g/mol. The summed E-state index contributed by atoms with van der Waals surface area (Å²) in [4.78, 5) is 73.8. The number of hydrogen-bond acceptors (Lipinski definition) is 22. The average Bonchev–Trinajstić information content (AvgIpc) is 1.66. The molecule has 0 bridgehead atoms. The number of rotatable bonds is 12. The number of likely N-dealkylation sites (tertiary alicyclic amines) is 2. The Morgan fingerprint density at radius 1 is 0.576 bits per heavy atom. The van der Waals surface area contributed by atoms with E-state index in [1.807, 2.05) is 84.2 Å². The molecule has 0 saturated carbocycles. The number of phenolic OH excluding ortho intramolecular Hbond substituents is 1. The molecule has 508 valence electrons. The lowest BCUT2D eigenvalue weighted by molar-refractivity contribution is -0.139. The summed E-state index contributed by atoms with van der Waals surface area (Å²) in [5.41, 5.74) is 10.5. The zero-order valence-corrected chi connectivity index (χ0v) is 55.4. The number of carbonyl (C=O) groups excluding carboxylic acids is 2. The number of methoxy groups -OCH3 is 2. The van der Waals surface area contributed by atoms with E-state index in [0.29, 0.717) is 68.5 Å². The molecule has 3 aromatic carbocycles. The third-order valence-corrected chi connectivity index (χ3v) is 19.2. The molecule has 26 heteroatoms. The molecule has 0 atom stereocenters. The summed E-state index contributed by atoms with van der Waals surface area (Å²) < 4.78 is 36.5. The Bertz CT molecular complexity index is 4800. The second-order valence-corrected chi connectivity index (χ2v) is 25.4. The number of aromatic nitrogens is 13. The highest BCUT2D eigenvalue weighted by molar-refractivity contribution is 6.02. The van der Waals surface area contributed by atoms with E-state index in [1.54, 1.807) is 29.3 Å². The summed E-state index contributed by atoms with van der Waals surface area (Å²) in [6, 6.07) is 31.5. The van der Waals surface area contributed by atoms with E-state index in [0.717, 1.165) is 187 Å². The van der Waals surface area contributed by atoms with Gasteiger partial charge in [-0.2, -0.15) is 10.2 Å². The Morgan fingerprint density at radius 2 is 1.20 bits per heavy atom. The number of aromatic hydroxyl groups is 1. The van der Waals surface area contributed by atoms with Crippen molar-refractivity contribution in [3.8, 4) is 39.9 Å². The van der Waals surface area contributed by atoms with Gasteiger partial charge in [0.25, 0.3) is 0 Å². The number of morpholine rings is 2. The van der Waals surface area contributed by atoms with E-state index in [1.165, 1.54) is 19.8 Å². The van der Waals surface area contributed by atoms with Gasteiger partial charge >= 0.3 is 12.1 Å². The summed E-state index contributed by atoms with van der Waals surface area (Å²) in [6.45, 7) is 11.5. The number of furan rings is 1. The number of benzene rings is 3. The Morgan fingerprint density at radius 3 is 1.85 bits per heavy atom. The first-order valence-corrected chi connectivity index (χ1v) is 33.9. The first kappa shape index (κ1) is 64.5. The molecule has 2 N–H and O–H groups in total. The van der Waals surface area contributed by atoms with Crippen molar-refractivity contribution in [1.82, 2.24) is 74.2 Å². The van der Waals surface area contributed by atoms with Gasteiger partial charge in [0.2, 0.25) is 5.71 Å². The predicted molar refractivity (Wildman–Crippen MR) is 372 cm³/mol. The van der Waals surface area contributed by atoms with E-state index >= 15 is 0 Å². The number of esters is 1. The van der Waals surface area contributed by atoms with Crippen LogP contribution in [0.2, 0.25) is 0 Å². The molecule has 99 heavy (non-hydrogen) atoms. The summed E-state index contributed by atoms with van der Waals surface area (Å²) in [5.74, 6) is 3.89. The maximum Gasteiger partial charge on any atom is 0.409 e. The minimum atomic E-state index is -0.298. The molecule has 1 amide bonds. The summed E-state index contributed by atoms with van der Waals surface area (Å²) in [6.07, 6.45) is 16.6. The Balaban J connectivity index is 0.000000123. The van der Waals surface area contributed by atoms with E-state index in [4.69, 9.17) is 68.2 Å². The van der Waals surface area contributed by atoms with E-state index in [2.05, 4.69) is 64.7 Å². The molecule has 0 spiro atoms. The number of nitrogens with zero attached hydrogens (tertiary/aromatic N) is 16. The van der Waals surface area contributed by atoms with Gasteiger partial charge in [-0.25, -0.2) is 49.0 Å². The molecule has 5 saturated heterocycles. The second-order valence-electron chi connectivity index (χ2n) is 25.4. The van der Waals surface area contributed by atoms with E-state index in [-0.39, 0.29) is 36.2 Å². The van der Waals surface area contributed by atoms with E-state index < -0.39 is 0 Å². The number of carbonyl (C=O) groups is 2. The lowest BCUT2D eigenvalue weighted by Crippen LogP contribution is -2.39. The summed E-state index contributed by atoms with van der Waals surface area (Å²) in [5, 5.41) is 23.4. The van der Waals surface area contributed by atoms with Gasteiger partial charge in [0.1, 0.15) is 22.9 Å². The third kappa shape index (κ3) is 14.0. The first-order chi connectivity index (χ1) is 48.7. The van der Waals surface area contributed by atoms with Crippen molar-refractivity contribution in [1.29, 1.82) is 0 Å². The van der Waals surface area contributed by atoms with Gasteiger partial charge in [-0.05, 0) is 104 Å². The smallest absolute Gasteiger partial charge is 0.409 e. The molecule has 0 unspecified atom stereocenters. The van der Waals surface area contributed by atoms with Crippen molar-refractivity contribution in [3.05, 3.63) is 151 Å². The van der Waals surface area contributed by atoms with Gasteiger partial charge in [-0.1, -0.05) is 42.5 Å². The number of piperidine rings is 2. The SMILES string of the molecule is COC(=O)Cc1ccc(-c2nc(N3CCOCC3)c3cnn(C4CCN(C(=O)OC)CC4)c3n2)cc1.Oc1cccc(-c2nc(C3CCOCC3)c3oc4ncccc4c3n2)c1.c1cncc(CN2CCC(n3ncc4c(N5CCOCC5)nc(-c5ccc6[nH]ccc6c5)nc43)CC2)c1. The van der Waals surface area contributed by atoms with Crippen LogP contribution in [-0.4, -0.2) is 198 Å². The molecule has 9 aromatic heterocycles. The van der Waals surface area contributed by atoms with Crippen molar-refractivity contribution in [2.24, 2.45) is 0 Å². The standard InChI is InChI=1S/C28H30N8O.C25H30N6O5.C20H17N3O3/c1-2-20(17-29-8-1)19-34-10-6-23(7-11-34)36-28-24(18-31-36)27(35-12-14-37-15-13-35)32-26(33-28)22-3-4-25-21(16-22)5-9-30-25;1-34-21(32)15-17-3-5-18(6-4-17)22-27-23(29-11-13-36-14-12-29)20-16-26-31(24(20)28-22)19-7-9-30(10-8-19)25(33)35-2;24-14-4-1-3-13(11-14)19-22-16(12-6-9-25-10-7-12)18-17(23-19)15-5-2-8-21-20(15)26-18/h1-5,8-9,16-18,23,30H,6-7,10-15,19H2;3-6,16,19H,7-15H2,1-2H3;1-5,8,11-12,24H,6-7,9-10H2. The maximum absolute atomic E-state index is 11.9. The van der Waals surface area contributed by atoms with Crippen molar-refractivity contribution in [3.63, 3.8) is 0 Å². The number of hydrogen-bond donors (Lipinski definition) is 2. The lowest BCUT2D eigenvalue weighted by atomic mass is 9.95. The van der Waals surface area contributed by atoms with Gasteiger partial charge in [0, 0.05) is 130 Å². The van der Waals surface area contributed by atoms with Gasteiger partial charge in [-0.15, -0.1) is 0 Å². The predicted octanol–water partition coefficient (Wildman–Crippen LogP) is 10.5. The second kappa shape index (κ2) is 29.3. The number of nitrogens with one attached hydrogen (secondary N) is 1. The van der Waals surface area contributed by atoms with Crippen LogP contribution in [0.25, 0.3) is 89.3 Å². The summed E-state index contributed by atoms with van der Waals surface area (Å²) in [7, 11) is 2.79. The largest absolute Gasteiger partial charge is 0.508 e. The molecule has 5 aliphatic rings. The number of amides is 1. The fourth-order valence-electron chi connectivity index (χ4n) is 13.9. The Kier molecular flexibility index (Phi) is 19.1. The third-order valence-electron chi connectivity index (χ3n) is 19.2. The molecule has 0 aliphatic carbocycles. The zero-order valence-electron chi connectivity index (χ0n) is 55.4. The highest BCUT2D eigenvalue weighted by atomic mass is 16.5. The van der Waals surface area contributed by atoms with Crippen LogP contribution >= 0.6 is 0 Å². The van der Waals surface area contributed by atoms with Gasteiger partial charge in [0.15, 0.2) is 34.4 Å². The molecule has 0 radical (unpaired) electrons. The van der Waals surface area contributed by atoms with Crippen LogP contribution in [0.4, 0.5) is 16.4 Å². The number of H-pyrrole nitrogens is 1. The normalized spacial score (nSPS) is 16.8. The zero-order chi connectivity index (χ0) is 67.2. The van der Waals surface area contributed by atoms with Crippen LogP contribution in [-0.2, 0) is 41.4 Å². The molecular weight excluding hydrogens is 1260 g/mol. The number of pyridine rings is 2. The quantitative estimate of drug-likeness (QED) is 0.108.